The van der Waals surface area contributed by atoms with Gasteiger partial charge in [0.25, 0.3) is 0 Å². The van der Waals surface area contributed by atoms with Gasteiger partial charge in [0.05, 0.1) is 6.61 Å². The van der Waals surface area contributed by atoms with Crippen molar-refractivity contribution in [3.8, 4) is 5.75 Å². The smallest absolute Gasteiger partial charge is 0.122 e. The molecule has 0 saturated carbocycles. The highest BCUT2D eigenvalue weighted by Crippen LogP contribution is 2.42. The molecule has 2 aliphatic heterocycles. The average Bonchev–Trinajstić information content (AvgIpc) is 2.91. The standard InChI is InChI=1S/C18H18ClNO/c19-15-6-7-18-16(8-15)17-11-20(10-14(17)12-21-18)9-13-4-2-1-3-5-13/h1-8,14,17H,9-12H2/t14-,17+/m1/s1. The second kappa shape index (κ2) is 5.36. The molecule has 3 heteroatoms. The Balaban J connectivity index is 1.55. The molecule has 1 fully saturated rings. The maximum atomic E-state index is 6.16. The normalized spacial score (nSPS) is 24.2. The molecule has 21 heavy (non-hydrogen) atoms. The number of benzene rings is 2. The summed E-state index contributed by atoms with van der Waals surface area (Å²) in [5.41, 5.74) is 2.66. The summed E-state index contributed by atoms with van der Waals surface area (Å²) in [7, 11) is 0. The Bertz CT molecular complexity index is 643. The lowest BCUT2D eigenvalue weighted by atomic mass is 9.87. The van der Waals surface area contributed by atoms with Crippen LogP contribution in [0.2, 0.25) is 5.02 Å². The summed E-state index contributed by atoms with van der Waals surface area (Å²) in [6.45, 7) is 4.04. The largest absolute Gasteiger partial charge is 0.493 e. The Morgan fingerprint density at radius 1 is 1.10 bits per heavy atom. The monoisotopic (exact) mass is 299 g/mol. The van der Waals surface area contributed by atoms with Crippen molar-refractivity contribution in [2.24, 2.45) is 5.92 Å². The summed E-state index contributed by atoms with van der Waals surface area (Å²) in [5.74, 6) is 2.15. The molecule has 2 aromatic rings. The Kier molecular flexibility index (Phi) is 3.36. The molecule has 0 aliphatic carbocycles. The SMILES string of the molecule is Clc1ccc2c(c1)[C@H]1CN(Cc3ccccc3)C[C@@H]1CO2. The molecule has 2 aliphatic rings. The number of ether oxygens (including phenoxy) is 1. The van der Waals surface area contributed by atoms with Crippen molar-refractivity contribution >= 4 is 11.6 Å². The van der Waals surface area contributed by atoms with Crippen LogP contribution in [0.25, 0.3) is 0 Å². The van der Waals surface area contributed by atoms with Gasteiger partial charge < -0.3 is 4.74 Å². The summed E-state index contributed by atoms with van der Waals surface area (Å²) in [6.07, 6.45) is 0. The van der Waals surface area contributed by atoms with Crippen LogP contribution in [0.4, 0.5) is 0 Å². The average molecular weight is 300 g/mol. The van der Waals surface area contributed by atoms with Gasteiger partial charge in [-0.3, -0.25) is 4.90 Å². The molecular weight excluding hydrogens is 282 g/mol. The highest BCUT2D eigenvalue weighted by molar-refractivity contribution is 6.30. The summed E-state index contributed by atoms with van der Waals surface area (Å²) in [5, 5.41) is 0.805. The number of likely N-dealkylation sites (tertiary alicyclic amines) is 1. The summed E-state index contributed by atoms with van der Waals surface area (Å²) in [6, 6.07) is 16.7. The molecule has 0 aromatic heterocycles. The number of hydrogen-bond donors (Lipinski definition) is 0. The first-order valence-electron chi connectivity index (χ1n) is 7.48. The number of fused-ring (bicyclic) bond motifs is 3. The van der Waals surface area contributed by atoms with Crippen LogP contribution in [0, 0.1) is 5.92 Å². The van der Waals surface area contributed by atoms with E-state index in [1.807, 2.05) is 12.1 Å². The Hall–Kier alpha value is -1.51. The van der Waals surface area contributed by atoms with Crippen molar-refractivity contribution < 1.29 is 4.74 Å². The van der Waals surface area contributed by atoms with E-state index in [1.165, 1.54) is 11.1 Å². The quantitative estimate of drug-likeness (QED) is 0.832. The van der Waals surface area contributed by atoms with E-state index >= 15 is 0 Å². The van der Waals surface area contributed by atoms with Crippen LogP contribution >= 0.6 is 11.6 Å². The van der Waals surface area contributed by atoms with Crippen molar-refractivity contribution in [2.45, 2.75) is 12.5 Å². The van der Waals surface area contributed by atoms with E-state index in [-0.39, 0.29) is 0 Å². The third-order valence-electron chi connectivity index (χ3n) is 4.59. The lowest BCUT2D eigenvalue weighted by molar-refractivity contribution is 0.212. The highest BCUT2D eigenvalue weighted by Gasteiger charge is 2.38. The van der Waals surface area contributed by atoms with E-state index in [0.29, 0.717) is 11.8 Å². The fraction of sp³-hybridized carbons (Fsp3) is 0.333. The molecule has 0 unspecified atom stereocenters. The predicted molar refractivity (Wildman–Crippen MR) is 84.9 cm³/mol. The Morgan fingerprint density at radius 3 is 2.81 bits per heavy atom. The zero-order chi connectivity index (χ0) is 14.2. The lowest BCUT2D eigenvalue weighted by Crippen LogP contribution is -2.25. The first-order chi connectivity index (χ1) is 10.3. The van der Waals surface area contributed by atoms with Crippen LogP contribution < -0.4 is 4.74 Å². The first-order valence-corrected chi connectivity index (χ1v) is 7.86. The number of nitrogens with zero attached hydrogens (tertiary/aromatic N) is 1. The molecule has 2 nitrogen and oxygen atoms in total. The summed E-state index contributed by atoms with van der Waals surface area (Å²) >= 11 is 6.16. The molecule has 0 radical (unpaired) electrons. The van der Waals surface area contributed by atoms with E-state index < -0.39 is 0 Å². The number of rotatable bonds is 2. The minimum Gasteiger partial charge on any atom is -0.493 e. The predicted octanol–water partition coefficient (Wildman–Crippen LogP) is 3.95. The molecule has 108 valence electrons. The number of hydrogen-bond acceptors (Lipinski definition) is 2. The van der Waals surface area contributed by atoms with Gasteiger partial charge in [0.2, 0.25) is 0 Å². The van der Waals surface area contributed by atoms with Gasteiger partial charge in [0.15, 0.2) is 0 Å². The van der Waals surface area contributed by atoms with Gasteiger partial charge in [0.1, 0.15) is 5.75 Å². The van der Waals surface area contributed by atoms with Crippen molar-refractivity contribution in [3.05, 3.63) is 64.7 Å². The van der Waals surface area contributed by atoms with Crippen molar-refractivity contribution in [2.75, 3.05) is 19.7 Å². The zero-order valence-electron chi connectivity index (χ0n) is 11.8. The highest BCUT2D eigenvalue weighted by atomic mass is 35.5. The summed E-state index contributed by atoms with van der Waals surface area (Å²) < 4.78 is 5.91. The van der Waals surface area contributed by atoms with E-state index in [0.717, 1.165) is 37.0 Å². The van der Waals surface area contributed by atoms with Crippen molar-refractivity contribution in [1.82, 2.24) is 4.90 Å². The van der Waals surface area contributed by atoms with Crippen LogP contribution in [0.1, 0.15) is 17.0 Å². The third-order valence-corrected chi connectivity index (χ3v) is 4.82. The van der Waals surface area contributed by atoms with Crippen LogP contribution in [-0.4, -0.2) is 24.6 Å². The van der Waals surface area contributed by atoms with E-state index in [1.54, 1.807) is 0 Å². The molecule has 4 rings (SSSR count). The van der Waals surface area contributed by atoms with Gasteiger partial charge in [-0.1, -0.05) is 41.9 Å². The second-order valence-electron chi connectivity index (χ2n) is 6.04. The van der Waals surface area contributed by atoms with Gasteiger partial charge in [-0.15, -0.1) is 0 Å². The Morgan fingerprint density at radius 2 is 1.95 bits per heavy atom. The first kappa shape index (κ1) is 13.2. The van der Waals surface area contributed by atoms with Gasteiger partial charge in [-0.25, -0.2) is 0 Å². The van der Waals surface area contributed by atoms with E-state index in [9.17, 15) is 0 Å². The molecule has 0 N–H and O–H groups in total. The fourth-order valence-corrected chi connectivity index (χ4v) is 3.77. The van der Waals surface area contributed by atoms with Crippen molar-refractivity contribution in [3.63, 3.8) is 0 Å². The summed E-state index contributed by atoms with van der Waals surface area (Å²) in [4.78, 5) is 2.53. The van der Waals surface area contributed by atoms with Crippen LogP contribution in [0.5, 0.6) is 5.75 Å². The van der Waals surface area contributed by atoms with E-state index in [2.05, 4.69) is 41.3 Å². The van der Waals surface area contributed by atoms with Gasteiger partial charge in [-0.05, 0) is 23.8 Å². The molecule has 0 spiro atoms. The molecule has 1 saturated heterocycles. The molecule has 2 heterocycles. The fourth-order valence-electron chi connectivity index (χ4n) is 3.59. The number of halogens is 1. The van der Waals surface area contributed by atoms with Crippen LogP contribution in [0.15, 0.2) is 48.5 Å². The molecule has 2 aromatic carbocycles. The molecule has 0 amide bonds. The maximum Gasteiger partial charge on any atom is 0.122 e. The second-order valence-corrected chi connectivity index (χ2v) is 6.48. The maximum absolute atomic E-state index is 6.16. The molecule has 0 bridgehead atoms. The van der Waals surface area contributed by atoms with Crippen LogP contribution in [0.3, 0.4) is 0 Å². The van der Waals surface area contributed by atoms with Gasteiger partial charge in [0, 0.05) is 42.1 Å². The molecular formula is C18H18ClNO. The van der Waals surface area contributed by atoms with Crippen LogP contribution in [-0.2, 0) is 6.54 Å². The van der Waals surface area contributed by atoms with E-state index in [4.69, 9.17) is 16.3 Å². The third kappa shape index (κ3) is 2.54. The minimum atomic E-state index is 0.552. The lowest BCUT2D eigenvalue weighted by Gasteiger charge is -2.27. The molecule has 2 atom stereocenters. The minimum absolute atomic E-state index is 0.552. The van der Waals surface area contributed by atoms with Crippen molar-refractivity contribution in [1.29, 1.82) is 0 Å². The topological polar surface area (TPSA) is 12.5 Å². The zero-order valence-corrected chi connectivity index (χ0v) is 12.6. The van der Waals surface area contributed by atoms with Gasteiger partial charge in [-0.2, -0.15) is 0 Å². The van der Waals surface area contributed by atoms with Gasteiger partial charge >= 0.3 is 0 Å². The Labute approximate surface area is 130 Å².